The molecule has 2 nitrogen and oxygen atoms in total. The van der Waals surface area contributed by atoms with Gasteiger partial charge >= 0.3 is 0 Å². The minimum absolute atomic E-state index is 0.00513. The number of ether oxygens (including phenoxy) is 1. The maximum absolute atomic E-state index is 12.1. The molecule has 0 heterocycles. The molecule has 0 unspecified atom stereocenters. The Hall–Kier alpha value is -1.36. The Kier molecular flexibility index (Phi) is 4.36. The van der Waals surface area contributed by atoms with Crippen LogP contribution in [0.1, 0.15) is 17.3 Å². The van der Waals surface area contributed by atoms with Gasteiger partial charge in [0.2, 0.25) is 5.78 Å². The summed E-state index contributed by atoms with van der Waals surface area (Å²) in [6, 6.07) is 16.9. The predicted octanol–water partition coefficient (Wildman–Crippen LogP) is 3.94. The molecule has 0 radical (unpaired) electrons. The molecule has 0 bridgehead atoms. The van der Waals surface area contributed by atoms with Crippen LogP contribution in [0.4, 0.5) is 0 Å². The molecule has 3 heteroatoms. The number of ketones is 1. The second-order valence-corrected chi connectivity index (χ2v) is 5.19. The van der Waals surface area contributed by atoms with Crippen molar-refractivity contribution in [1.29, 1.82) is 0 Å². The molecule has 92 valence electrons. The van der Waals surface area contributed by atoms with Crippen LogP contribution in [-0.2, 0) is 0 Å². The van der Waals surface area contributed by atoms with E-state index in [1.807, 2.05) is 42.5 Å². The number of halogens is 1. The third kappa shape index (κ3) is 3.32. The molecule has 0 aliphatic rings. The number of benzene rings is 2. The third-order valence-corrected chi connectivity index (χ3v) is 3.21. The molecule has 0 saturated carbocycles. The second-order valence-electron chi connectivity index (χ2n) is 3.95. The number of carbonyl (C=O) groups excluding carboxylic acids is 1. The average molecular weight is 352 g/mol. The van der Waals surface area contributed by atoms with Gasteiger partial charge in [-0.1, -0.05) is 36.4 Å². The Morgan fingerprint density at radius 1 is 1.11 bits per heavy atom. The van der Waals surface area contributed by atoms with Gasteiger partial charge in [0.25, 0.3) is 0 Å². The molecule has 2 aromatic rings. The lowest BCUT2D eigenvalue weighted by atomic mass is 10.1. The first kappa shape index (κ1) is 13.1. The lowest BCUT2D eigenvalue weighted by molar-refractivity contribution is 0.0818. The van der Waals surface area contributed by atoms with Crippen LogP contribution >= 0.6 is 22.6 Å². The Labute approximate surface area is 120 Å². The average Bonchev–Trinajstić information content (AvgIpc) is 2.39. The van der Waals surface area contributed by atoms with Crippen molar-refractivity contribution in [3.8, 4) is 5.75 Å². The van der Waals surface area contributed by atoms with E-state index in [0.29, 0.717) is 5.56 Å². The number of rotatable bonds is 4. The van der Waals surface area contributed by atoms with Crippen molar-refractivity contribution in [2.75, 3.05) is 0 Å². The fraction of sp³-hybridized carbons (Fsp3) is 0.133. The van der Waals surface area contributed by atoms with Crippen LogP contribution in [0.5, 0.6) is 5.75 Å². The van der Waals surface area contributed by atoms with Crippen molar-refractivity contribution < 1.29 is 9.53 Å². The van der Waals surface area contributed by atoms with Crippen LogP contribution in [0, 0.1) is 3.57 Å². The first-order chi connectivity index (χ1) is 8.66. The van der Waals surface area contributed by atoms with Crippen LogP contribution < -0.4 is 4.74 Å². The van der Waals surface area contributed by atoms with Gasteiger partial charge in [-0.25, -0.2) is 0 Å². The fourth-order valence-electron chi connectivity index (χ4n) is 1.64. The molecule has 0 aliphatic carbocycles. The lowest BCUT2D eigenvalue weighted by Gasteiger charge is -2.13. The molecular weight excluding hydrogens is 339 g/mol. The zero-order chi connectivity index (χ0) is 13.0. The summed E-state index contributed by atoms with van der Waals surface area (Å²) in [5.74, 6) is 0.716. The van der Waals surface area contributed by atoms with Gasteiger partial charge in [-0.05, 0) is 47.7 Å². The lowest BCUT2D eigenvalue weighted by Crippen LogP contribution is -2.23. The molecule has 0 spiro atoms. The first-order valence-electron chi connectivity index (χ1n) is 5.68. The van der Waals surface area contributed by atoms with Crippen molar-refractivity contribution >= 4 is 28.4 Å². The quantitative estimate of drug-likeness (QED) is 0.616. The molecule has 0 aromatic heterocycles. The topological polar surface area (TPSA) is 26.3 Å². The molecule has 0 saturated heterocycles. The molecule has 2 rings (SSSR count). The van der Waals surface area contributed by atoms with Gasteiger partial charge in [-0.2, -0.15) is 0 Å². The Morgan fingerprint density at radius 3 is 2.50 bits per heavy atom. The SMILES string of the molecule is C[C@H](Oc1cccc(I)c1)C(=O)c1ccccc1. The number of hydrogen-bond acceptors (Lipinski definition) is 2. The number of hydrogen-bond donors (Lipinski definition) is 0. The molecule has 18 heavy (non-hydrogen) atoms. The summed E-state index contributed by atoms with van der Waals surface area (Å²) >= 11 is 2.22. The maximum Gasteiger partial charge on any atom is 0.202 e. The normalized spacial score (nSPS) is 11.9. The van der Waals surface area contributed by atoms with E-state index < -0.39 is 6.10 Å². The summed E-state index contributed by atoms with van der Waals surface area (Å²) in [7, 11) is 0. The van der Waals surface area contributed by atoms with E-state index in [-0.39, 0.29) is 5.78 Å². The molecule has 0 fully saturated rings. The van der Waals surface area contributed by atoms with Gasteiger partial charge in [-0.15, -0.1) is 0 Å². The monoisotopic (exact) mass is 352 g/mol. The number of Topliss-reactive ketones (excluding diaryl/α,β-unsaturated/α-hetero) is 1. The van der Waals surface area contributed by atoms with E-state index in [1.165, 1.54) is 0 Å². The second kappa shape index (κ2) is 6.00. The zero-order valence-corrected chi connectivity index (χ0v) is 12.1. The summed E-state index contributed by atoms with van der Waals surface area (Å²) < 4.78 is 6.74. The minimum Gasteiger partial charge on any atom is -0.483 e. The van der Waals surface area contributed by atoms with E-state index in [2.05, 4.69) is 22.6 Å². The molecule has 2 aromatic carbocycles. The summed E-state index contributed by atoms with van der Waals surface area (Å²) in [5, 5.41) is 0. The maximum atomic E-state index is 12.1. The Balaban J connectivity index is 2.09. The molecule has 0 amide bonds. The Bertz CT molecular complexity index is 537. The van der Waals surface area contributed by atoms with Gasteiger partial charge in [0, 0.05) is 9.13 Å². The third-order valence-electron chi connectivity index (χ3n) is 2.54. The summed E-state index contributed by atoms with van der Waals surface area (Å²) in [5.41, 5.74) is 0.677. The van der Waals surface area contributed by atoms with Gasteiger partial charge in [0.15, 0.2) is 6.10 Å². The molecular formula is C15H13IO2. The van der Waals surface area contributed by atoms with Crippen LogP contribution in [0.25, 0.3) is 0 Å². The van der Waals surface area contributed by atoms with E-state index in [1.54, 1.807) is 19.1 Å². The van der Waals surface area contributed by atoms with Gasteiger partial charge in [0.1, 0.15) is 5.75 Å². The standard InChI is InChI=1S/C15H13IO2/c1-11(15(17)12-6-3-2-4-7-12)18-14-9-5-8-13(16)10-14/h2-11H,1H3/t11-/m0/s1. The van der Waals surface area contributed by atoms with Crippen LogP contribution in [-0.4, -0.2) is 11.9 Å². The number of carbonyl (C=O) groups is 1. The zero-order valence-electron chi connectivity index (χ0n) is 9.97. The van der Waals surface area contributed by atoms with Crippen molar-refractivity contribution in [1.82, 2.24) is 0 Å². The van der Waals surface area contributed by atoms with Crippen molar-refractivity contribution in [2.45, 2.75) is 13.0 Å². The van der Waals surface area contributed by atoms with E-state index in [4.69, 9.17) is 4.74 Å². The highest BCUT2D eigenvalue weighted by Crippen LogP contribution is 2.17. The summed E-state index contributed by atoms with van der Waals surface area (Å²) in [6.07, 6.45) is -0.481. The molecule has 0 aliphatic heterocycles. The van der Waals surface area contributed by atoms with Crippen molar-refractivity contribution in [3.05, 3.63) is 63.7 Å². The van der Waals surface area contributed by atoms with Crippen LogP contribution in [0.3, 0.4) is 0 Å². The van der Waals surface area contributed by atoms with E-state index in [9.17, 15) is 4.79 Å². The van der Waals surface area contributed by atoms with Crippen LogP contribution in [0.15, 0.2) is 54.6 Å². The van der Waals surface area contributed by atoms with Crippen LogP contribution in [0.2, 0.25) is 0 Å². The summed E-state index contributed by atoms with van der Waals surface area (Å²) in [6.45, 7) is 1.77. The van der Waals surface area contributed by atoms with Crippen molar-refractivity contribution in [2.24, 2.45) is 0 Å². The van der Waals surface area contributed by atoms with Crippen molar-refractivity contribution in [3.63, 3.8) is 0 Å². The summed E-state index contributed by atoms with van der Waals surface area (Å²) in [4.78, 5) is 12.1. The van der Waals surface area contributed by atoms with Gasteiger partial charge < -0.3 is 4.74 Å². The highest BCUT2D eigenvalue weighted by Gasteiger charge is 2.16. The highest BCUT2D eigenvalue weighted by molar-refractivity contribution is 14.1. The fourth-order valence-corrected chi connectivity index (χ4v) is 2.15. The van der Waals surface area contributed by atoms with Gasteiger partial charge in [-0.3, -0.25) is 4.79 Å². The molecule has 0 N–H and O–H groups in total. The Morgan fingerprint density at radius 2 is 1.83 bits per heavy atom. The minimum atomic E-state index is -0.481. The van der Waals surface area contributed by atoms with E-state index >= 15 is 0 Å². The highest BCUT2D eigenvalue weighted by atomic mass is 127. The largest absolute Gasteiger partial charge is 0.483 e. The smallest absolute Gasteiger partial charge is 0.202 e. The predicted molar refractivity (Wildman–Crippen MR) is 80.0 cm³/mol. The molecule has 1 atom stereocenters. The first-order valence-corrected chi connectivity index (χ1v) is 6.76. The van der Waals surface area contributed by atoms with Gasteiger partial charge in [0.05, 0.1) is 0 Å². The van der Waals surface area contributed by atoms with E-state index in [0.717, 1.165) is 9.32 Å².